The Morgan fingerprint density at radius 3 is 2.60 bits per heavy atom. The fraction of sp³-hybridized carbons (Fsp3) is 0.333. The number of pyridine rings is 1. The predicted molar refractivity (Wildman–Crippen MR) is 97.4 cm³/mol. The topological polar surface area (TPSA) is 59.7 Å². The first kappa shape index (κ1) is 16.0. The molecule has 0 aliphatic carbocycles. The van der Waals surface area contributed by atoms with Crippen molar-refractivity contribution in [2.75, 3.05) is 18.0 Å². The van der Waals surface area contributed by atoms with E-state index in [0.717, 1.165) is 36.0 Å². The van der Waals surface area contributed by atoms with E-state index in [2.05, 4.69) is 26.9 Å². The average Bonchev–Trinajstić information content (AvgIpc) is 3.34. The van der Waals surface area contributed by atoms with Crippen LogP contribution in [0.25, 0.3) is 5.82 Å². The van der Waals surface area contributed by atoms with Crippen LogP contribution < -0.4 is 4.90 Å². The summed E-state index contributed by atoms with van der Waals surface area (Å²) in [5.41, 5.74) is 2.03. The highest BCUT2D eigenvalue weighted by Gasteiger charge is 2.16. The van der Waals surface area contributed by atoms with Crippen LogP contribution in [0.3, 0.4) is 0 Å². The van der Waals surface area contributed by atoms with E-state index in [1.54, 1.807) is 17.1 Å². The van der Waals surface area contributed by atoms with Crippen molar-refractivity contribution >= 4 is 17.4 Å². The molecule has 1 atom stereocenters. The van der Waals surface area contributed by atoms with Gasteiger partial charge >= 0.3 is 0 Å². The van der Waals surface area contributed by atoms with Crippen molar-refractivity contribution in [2.45, 2.75) is 25.7 Å². The van der Waals surface area contributed by atoms with Gasteiger partial charge in [0.1, 0.15) is 5.82 Å². The normalized spacial score (nSPS) is 15.5. The number of nitrogens with zero attached hydrogens (tertiary/aromatic N) is 6. The zero-order chi connectivity index (χ0) is 17.2. The largest absolute Gasteiger partial charge is 0.355 e. The second kappa shape index (κ2) is 6.80. The monoisotopic (exact) mass is 354 g/mol. The minimum absolute atomic E-state index is 0.126. The van der Waals surface area contributed by atoms with Crippen LogP contribution in [-0.4, -0.2) is 37.8 Å². The third-order valence-corrected chi connectivity index (χ3v) is 4.79. The number of aromatic nitrogens is 5. The van der Waals surface area contributed by atoms with Crippen molar-refractivity contribution in [3.8, 4) is 5.82 Å². The summed E-state index contributed by atoms with van der Waals surface area (Å²) in [7, 11) is 0. The summed E-state index contributed by atoms with van der Waals surface area (Å²) in [4.78, 5) is 15.7. The van der Waals surface area contributed by atoms with Gasteiger partial charge in [0.05, 0.1) is 23.6 Å². The molecule has 0 saturated carbocycles. The smallest absolute Gasteiger partial charge is 0.173 e. The van der Waals surface area contributed by atoms with Crippen molar-refractivity contribution in [1.82, 2.24) is 24.7 Å². The Bertz CT molecular complexity index is 854. The van der Waals surface area contributed by atoms with Gasteiger partial charge in [-0.05, 0) is 30.5 Å². The Hall–Kier alpha value is -2.47. The lowest BCUT2D eigenvalue weighted by Crippen LogP contribution is -2.19. The zero-order valence-electron chi connectivity index (χ0n) is 14.0. The lowest BCUT2D eigenvalue weighted by atomic mass is 10.0. The Morgan fingerprint density at radius 2 is 1.84 bits per heavy atom. The van der Waals surface area contributed by atoms with Crippen LogP contribution in [0.4, 0.5) is 5.82 Å². The Morgan fingerprint density at radius 1 is 1.04 bits per heavy atom. The Labute approximate surface area is 151 Å². The van der Waals surface area contributed by atoms with Crippen molar-refractivity contribution in [2.24, 2.45) is 0 Å². The number of hydrogen-bond acceptors (Lipinski definition) is 5. The fourth-order valence-electron chi connectivity index (χ4n) is 3.05. The fourth-order valence-corrected chi connectivity index (χ4v) is 3.17. The van der Waals surface area contributed by atoms with E-state index in [0.29, 0.717) is 5.02 Å². The first-order chi connectivity index (χ1) is 12.2. The van der Waals surface area contributed by atoms with Gasteiger partial charge in [0.2, 0.25) is 0 Å². The molecule has 3 aromatic heterocycles. The predicted octanol–water partition coefficient (Wildman–Crippen LogP) is 3.46. The number of hydrogen-bond donors (Lipinski definition) is 0. The van der Waals surface area contributed by atoms with Gasteiger partial charge in [0.15, 0.2) is 5.82 Å². The van der Waals surface area contributed by atoms with Crippen LogP contribution in [0.2, 0.25) is 5.02 Å². The summed E-state index contributed by atoms with van der Waals surface area (Å²) in [6.07, 6.45) is 11.5. The molecule has 4 heterocycles. The summed E-state index contributed by atoms with van der Waals surface area (Å²) < 4.78 is 1.77. The van der Waals surface area contributed by atoms with Gasteiger partial charge in [-0.3, -0.25) is 9.97 Å². The second-order valence-corrected chi connectivity index (χ2v) is 6.71. The highest BCUT2D eigenvalue weighted by molar-refractivity contribution is 6.30. The van der Waals surface area contributed by atoms with Gasteiger partial charge in [-0.2, -0.15) is 5.10 Å². The summed E-state index contributed by atoms with van der Waals surface area (Å²) in [6.45, 7) is 4.19. The van der Waals surface area contributed by atoms with Crippen molar-refractivity contribution < 1.29 is 0 Å². The first-order valence-corrected chi connectivity index (χ1v) is 8.82. The maximum absolute atomic E-state index is 5.92. The lowest BCUT2D eigenvalue weighted by Gasteiger charge is -2.16. The van der Waals surface area contributed by atoms with E-state index in [1.165, 1.54) is 12.8 Å². The molecule has 1 aliphatic heterocycles. The molecule has 0 N–H and O–H groups in total. The van der Waals surface area contributed by atoms with Crippen LogP contribution in [0, 0.1) is 0 Å². The van der Waals surface area contributed by atoms with E-state index in [-0.39, 0.29) is 5.92 Å². The number of anilines is 1. The molecule has 0 radical (unpaired) electrons. The summed E-state index contributed by atoms with van der Waals surface area (Å²) in [6, 6.07) is 3.80. The molecule has 0 aromatic carbocycles. The highest BCUT2D eigenvalue weighted by atomic mass is 35.5. The summed E-state index contributed by atoms with van der Waals surface area (Å²) in [5, 5.41) is 5.10. The van der Waals surface area contributed by atoms with Crippen LogP contribution in [-0.2, 0) is 0 Å². The van der Waals surface area contributed by atoms with Crippen LogP contribution in [0.1, 0.15) is 36.9 Å². The standard InChI is InChI=1S/C18H19ClN6/c1-13(16-5-4-15(19)9-21-16)14-8-22-25(12-14)18-11-20-10-17(23-18)24-6-2-3-7-24/h4-5,8-13H,2-3,6-7H2,1H3. The minimum atomic E-state index is 0.126. The molecule has 25 heavy (non-hydrogen) atoms. The molecule has 0 spiro atoms. The van der Waals surface area contributed by atoms with E-state index in [1.807, 2.05) is 30.7 Å². The molecule has 4 rings (SSSR count). The van der Waals surface area contributed by atoms with Gasteiger partial charge in [-0.1, -0.05) is 18.5 Å². The molecule has 3 aromatic rings. The third kappa shape index (κ3) is 3.35. The van der Waals surface area contributed by atoms with E-state index < -0.39 is 0 Å². The van der Waals surface area contributed by atoms with E-state index in [9.17, 15) is 0 Å². The molecule has 0 bridgehead atoms. The SMILES string of the molecule is CC(c1cnn(-c2cncc(N3CCCC3)n2)c1)c1ccc(Cl)cn1. The van der Waals surface area contributed by atoms with Crippen molar-refractivity contribution in [1.29, 1.82) is 0 Å². The molecule has 1 fully saturated rings. The molecular formula is C18H19ClN6. The van der Waals surface area contributed by atoms with E-state index in [4.69, 9.17) is 16.6 Å². The minimum Gasteiger partial charge on any atom is -0.355 e. The highest BCUT2D eigenvalue weighted by Crippen LogP contribution is 2.24. The van der Waals surface area contributed by atoms with Gasteiger partial charge in [0.25, 0.3) is 0 Å². The number of halogens is 1. The van der Waals surface area contributed by atoms with Gasteiger partial charge in [0, 0.05) is 37.1 Å². The van der Waals surface area contributed by atoms with Crippen LogP contribution >= 0.6 is 11.6 Å². The molecule has 128 valence electrons. The van der Waals surface area contributed by atoms with Gasteiger partial charge in [-0.25, -0.2) is 9.67 Å². The van der Waals surface area contributed by atoms with E-state index >= 15 is 0 Å². The third-order valence-electron chi connectivity index (χ3n) is 4.57. The molecule has 1 saturated heterocycles. The van der Waals surface area contributed by atoms with Gasteiger partial charge in [-0.15, -0.1) is 0 Å². The van der Waals surface area contributed by atoms with Crippen LogP contribution in [0.5, 0.6) is 0 Å². The first-order valence-electron chi connectivity index (χ1n) is 8.44. The number of rotatable bonds is 4. The molecule has 1 aliphatic rings. The van der Waals surface area contributed by atoms with Crippen LogP contribution in [0.15, 0.2) is 43.1 Å². The molecule has 0 amide bonds. The quantitative estimate of drug-likeness (QED) is 0.718. The Balaban J connectivity index is 1.58. The van der Waals surface area contributed by atoms with Crippen molar-refractivity contribution in [3.63, 3.8) is 0 Å². The van der Waals surface area contributed by atoms with Gasteiger partial charge < -0.3 is 4.90 Å². The summed E-state index contributed by atoms with van der Waals surface area (Å²) in [5.74, 6) is 1.77. The second-order valence-electron chi connectivity index (χ2n) is 6.27. The van der Waals surface area contributed by atoms with Crippen molar-refractivity contribution in [3.05, 3.63) is 59.4 Å². The lowest BCUT2D eigenvalue weighted by molar-refractivity contribution is 0.820. The molecule has 1 unspecified atom stereocenters. The maximum atomic E-state index is 5.92. The Kier molecular flexibility index (Phi) is 4.36. The molecular weight excluding hydrogens is 336 g/mol. The maximum Gasteiger partial charge on any atom is 0.173 e. The zero-order valence-corrected chi connectivity index (χ0v) is 14.8. The summed E-state index contributed by atoms with van der Waals surface area (Å²) >= 11 is 5.92. The molecule has 7 heteroatoms. The molecule has 6 nitrogen and oxygen atoms in total. The average molecular weight is 355 g/mol.